The summed E-state index contributed by atoms with van der Waals surface area (Å²) in [5.74, 6) is 0.602. The zero-order chi connectivity index (χ0) is 9.97. The summed E-state index contributed by atoms with van der Waals surface area (Å²) in [6, 6.07) is -0.461. The number of carbonyl (C=O) groups excluding carboxylic acids is 2. The smallest absolute Gasteiger partial charge is 0.279 e. The van der Waals surface area contributed by atoms with Gasteiger partial charge in [-0.15, -0.1) is 0 Å². The topological polar surface area (TPSA) is 86.9 Å². The van der Waals surface area contributed by atoms with Gasteiger partial charge in [0, 0.05) is 18.1 Å². The largest absolute Gasteiger partial charge is 0.334 e. The Hall–Kier alpha value is -1.50. The SMILES string of the molecule is O=C1NC(C(=O)Nc2ncc[nH]2)CS1. The molecule has 1 unspecified atom stereocenters. The molecular formula is C7H8N4O2S. The molecule has 2 rings (SSSR count). The van der Waals surface area contributed by atoms with Crippen molar-refractivity contribution >= 4 is 28.9 Å². The quantitative estimate of drug-likeness (QED) is 0.652. The molecule has 1 aliphatic heterocycles. The lowest BCUT2D eigenvalue weighted by atomic mass is 10.3. The van der Waals surface area contributed by atoms with Crippen LogP contribution in [0.5, 0.6) is 0 Å². The fourth-order valence-electron chi connectivity index (χ4n) is 1.06. The van der Waals surface area contributed by atoms with Crippen LogP contribution in [0.2, 0.25) is 0 Å². The Morgan fingerprint density at radius 1 is 1.71 bits per heavy atom. The number of imidazole rings is 1. The highest BCUT2D eigenvalue weighted by Gasteiger charge is 2.28. The molecular weight excluding hydrogens is 204 g/mol. The van der Waals surface area contributed by atoms with Crippen LogP contribution < -0.4 is 10.6 Å². The molecule has 6 nitrogen and oxygen atoms in total. The van der Waals surface area contributed by atoms with Gasteiger partial charge in [0.05, 0.1) is 0 Å². The molecule has 1 aromatic rings. The molecule has 3 N–H and O–H groups in total. The lowest BCUT2D eigenvalue weighted by molar-refractivity contribution is -0.117. The van der Waals surface area contributed by atoms with E-state index in [9.17, 15) is 9.59 Å². The van der Waals surface area contributed by atoms with Gasteiger partial charge in [-0.3, -0.25) is 14.9 Å². The molecule has 0 spiro atoms. The van der Waals surface area contributed by atoms with Crippen molar-refractivity contribution in [2.45, 2.75) is 6.04 Å². The molecule has 1 atom stereocenters. The molecule has 2 heterocycles. The molecule has 1 saturated heterocycles. The van der Waals surface area contributed by atoms with Crippen LogP contribution in [0.3, 0.4) is 0 Å². The van der Waals surface area contributed by atoms with Crippen molar-refractivity contribution in [3.63, 3.8) is 0 Å². The number of hydrogen-bond donors (Lipinski definition) is 3. The summed E-state index contributed by atoms with van der Waals surface area (Å²) in [4.78, 5) is 28.8. The molecule has 74 valence electrons. The monoisotopic (exact) mass is 212 g/mol. The summed E-state index contributed by atoms with van der Waals surface area (Å²) in [5.41, 5.74) is 0. The maximum absolute atomic E-state index is 11.5. The Morgan fingerprint density at radius 2 is 2.57 bits per heavy atom. The van der Waals surface area contributed by atoms with Crippen molar-refractivity contribution in [2.75, 3.05) is 11.1 Å². The Kier molecular flexibility index (Phi) is 2.40. The van der Waals surface area contributed by atoms with Crippen molar-refractivity contribution in [2.24, 2.45) is 0 Å². The lowest BCUT2D eigenvalue weighted by Crippen LogP contribution is -2.38. The highest BCUT2D eigenvalue weighted by Crippen LogP contribution is 2.13. The van der Waals surface area contributed by atoms with E-state index >= 15 is 0 Å². The maximum Gasteiger partial charge on any atom is 0.279 e. The van der Waals surface area contributed by atoms with Crippen LogP contribution in [0.15, 0.2) is 12.4 Å². The number of nitrogens with one attached hydrogen (secondary N) is 3. The number of H-pyrrole nitrogens is 1. The Balaban J connectivity index is 1.93. The van der Waals surface area contributed by atoms with Gasteiger partial charge < -0.3 is 10.3 Å². The normalized spacial score (nSPS) is 20.6. The van der Waals surface area contributed by atoms with Gasteiger partial charge in [0.2, 0.25) is 11.9 Å². The summed E-state index contributed by atoms with van der Waals surface area (Å²) in [6.07, 6.45) is 3.15. The van der Waals surface area contributed by atoms with Crippen molar-refractivity contribution in [3.05, 3.63) is 12.4 Å². The van der Waals surface area contributed by atoms with Crippen molar-refractivity contribution < 1.29 is 9.59 Å². The number of hydrogen-bond acceptors (Lipinski definition) is 4. The molecule has 2 amide bonds. The number of thioether (sulfide) groups is 1. The van der Waals surface area contributed by atoms with E-state index in [0.717, 1.165) is 11.8 Å². The van der Waals surface area contributed by atoms with E-state index in [2.05, 4.69) is 20.6 Å². The number of aromatic nitrogens is 2. The second-order valence-corrected chi connectivity index (χ2v) is 3.72. The van der Waals surface area contributed by atoms with Crippen LogP contribution in [0.1, 0.15) is 0 Å². The third-order valence-corrected chi connectivity index (χ3v) is 2.61. The average Bonchev–Trinajstić information content (AvgIpc) is 2.75. The van der Waals surface area contributed by atoms with E-state index in [1.165, 1.54) is 6.20 Å². The lowest BCUT2D eigenvalue weighted by Gasteiger charge is -2.07. The molecule has 0 bridgehead atoms. The number of carbonyl (C=O) groups is 2. The van der Waals surface area contributed by atoms with Gasteiger partial charge in [-0.2, -0.15) is 0 Å². The van der Waals surface area contributed by atoms with Gasteiger partial charge in [0.15, 0.2) is 0 Å². The highest BCUT2D eigenvalue weighted by molar-refractivity contribution is 8.14. The average molecular weight is 212 g/mol. The Morgan fingerprint density at radius 3 is 3.14 bits per heavy atom. The van der Waals surface area contributed by atoms with Gasteiger partial charge in [0.25, 0.3) is 5.24 Å². The number of amides is 2. The predicted octanol–water partition coefficient (Wildman–Crippen LogP) is 0.173. The van der Waals surface area contributed by atoms with Gasteiger partial charge >= 0.3 is 0 Å². The molecule has 1 aromatic heterocycles. The third kappa shape index (κ3) is 1.87. The number of aromatic amines is 1. The third-order valence-electron chi connectivity index (χ3n) is 1.73. The van der Waals surface area contributed by atoms with E-state index in [-0.39, 0.29) is 11.1 Å². The van der Waals surface area contributed by atoms with Crippen LogP contribution in [-0.4, -0.2) is 32.9 Å². The molecule has 14 heavy (non-hydrogen) atoms. The van der Waals surface area contributed by atoms with Crippen LogP contribution in [-0.2, 0) is 4.79 Å². The van der Waals surface area contributed by atoms with E-state index in [4.69, 9.17) is 0 Å². The summed E-state index contributed by atoms with van der Waals surface area (Å²) in [5, 5.41) is 4.92. The highest BCUT2D eigenvalue weighted by atomic mass is 32.2. The Bertz CT molecular complexity index is 351. The van der Waals surface area contributed by atoms with Crippen molar-refractivity contribution in [1.82, 2.24) is 15.3 Å². The predicted molar refractivity (Wildman–Crippen MR) is 52.0 cm³/mol. The molecule has 0 aliphatic carbocycles. The zero-order valence-electron chi connectivity index (χ0n) is 7.11. The van der Waals surface area contributed by atoms with Gasteiger partial charge in [-0.05, 0) is 0 Å². The van der Waals surface area contributed by atoms with Crippen molar-refractivity contribution in [3.8, 4) is 0 Å². The minimum Gasteiger partial charge on any atom is -0.334 e. The first kappa shape index (κ1) is 9.07. The fourth-order valence-corrected chi connectivity index (χ4v) is 1.84. The number of nitrogens with zero attached hydrogens (tertiary/aromatic N) is 1. The standard InChI is InChI=1S/C7H8N4O2S/c12-5(4-3-14-7(13)10-4)11-6-8-1-2-9-6/h1-2,4H,3H2,(H,10,13)(H2,8,9,11,12). The van der Waals surface area contributed by atoms with E-state index in [1.807, 2.05) is 0 Å². The zero-order valence-corrected chi connectivity index (χ0v) is 7.93. The van der Waals surface area contributed by atoms with E-state index < -0.39 is 6.04 Å². The summed E-state index contributed by atoms with van der Waals surface area (Å²) in [6.45, 7) is 0. The second kappa shape index (κ2) is 3.70. The fraction of sp³-hybridized carbons (Fsp3) is 0.286. The van der Waals surface area contributed by atoms with Crippen LogP contribution >= 0.6 is 11.8 Å². The molecule has 0 aromatic carbocycles. The summed E-state index contributed by atoms with van der Waals surface area (Å²) < 4.78 is 0. The van der Waals surface area contributed by atoms with Gasteiger partial charge in [-0.25, -0.2) is 4.98 Å². The first-order valence-corrected chi connectivity index (χ1v) is 4.98. The summed E-state index contributed by atoms with van der Waals surface area (Å²) >= 11 is 1.10. The van der Waals surface area contributed by atoms with Gasteiger partial charge in [-0.1, -0.05) is 11.8 Å². The number of anilines is 1. The summed E-state index contributed by atoms with van der Waals surface area (Å²) in [7, 11) is 0. The molecule has 0 radical (unpaired) electrons. The molecule has 7 heteroatoms. The maximum atomic E-state index is 11.5. The van der Waals surface area contributed by atoms with Crippen LogP contribution in [0.4, 0.5) is 10.7 Å². The van der Waals surface area contributed by atoms with Gasteiger partial charge in [0.1, 0.15) is 6.04 Å². The minimum atomic E-state index is -0.461. The van der Waals surface area contributed by atoms with Crippen molar-refractivity contribution in [1.29, 1.82) is 0 Å². The van der Waals surface area contributed by atoms with E-state index in [0.29, 0.717) is 11.7 Å². The molecule has 0 saturated carbocycles. The molecule has 1 aliphatic rings. The first-order valence-electron chi connectivity index (χ1n) is 3.99. The first-order chi connectivity index (χ1) is 6.75. The molecule has 1 fully saturated rings. The second-order valence-electron chi connectivity index (χ2n) is 2.72. The van der Waals surface area contributed by atoms with Crippen LogP contribution in [0.25, 0.3) is 0 Å². The number of rotatable bonds is 2. The Labute approximate surface area is 83.9 Å². The van der Waals surface area contributed by atoms with E-state index in [1.54, 1.807) is 6.20 Å². The minimum absolute atomic E-state index is 0.162. The van der Waals surface area contributed by atoms with Crippen LogP contribution in [0, 0.1) is 0 Å².